The van der Waals surface area contributed by atoms with E-state index in [-0.39, 0.29) is 0 Å². The van der Waals surface area contributed by atoms with Crippen LogP contribution >= 0.6 is 11.6 Å². The predicted octanol–water partition coefficient (Wildman–Crippen LogP) is 3.82. The maximum Gasteiger partial charge on any atom is 0.126 e. The molecule has 2 atom stereocenters. The summed E-state index contributed by atoms with van der Waals surface area (Å²) in [6.45, 7) is 4.23. The second-order valence-corrected chi connectivity index (χ2v) is 4.53. The van der Waals surface area contributed by atoms with Gasteiger partial charge in [0.25, 0.3) is 0 Å². The minimum Gasteiger partial charge on any atom is -0.496 e. The lowest BCUT2D eigenvalue weighted by Crippen LogP contribution is -2.06. The Morgan fingerprint density at radius 3 is 2.69 bits per heavy atom. The van der Waals surface area contributed by atoms with Crippen molar-refractivity contribution in [2.24, 2.45) is 5.92 Å². The van der Waals surface area contributed by atoms with Crippen LogP contribution in [0.4, 0.5) is 0 Å². The fourth-order valence-corrected chi connectivity index (χ4v) is 1.98. The lowest BCUT2D eigenvalue weighted by Gasteiger charge is -2.19. The summed E-state index contributed by atoms with van der Waals surface area (Å²) in [4.78, 5) is 0. The Bertz CT molecular complexity index is 339. The Kier molecular flexibility index (Phi) is 5.10. The standard InChI is InChI=1S/C13H19ClO2/c1-4-9(2)8-11(15)13-10(14)6-5-7-12(13)16-3/h5-7,9,11,15H,4,8H2,1-3H3. The Balaban J connectivity index is 2.93. The number of ether oxygens (including phenoxy) is 1. The maximum absolute atomic E-state index is 10.2. The number of aliphatic hydroxyl groups excluding tert-OH is 1. The largest absolute Gasteiger partial charge is 0.496 e. The Hall–Kier alpha value is -0.730. The maximum atomic E-state index is 10.2. The van der Waals surface area contributed by atoms with Gasteiger partial charge in [0.1, 0.15) is 5.75 Å². The fraction of sp³-hybridized carbons (Fsp3) is 0.538. The molecule has 16 heavy (non-hydrogen) atoms. The van der Waals surface area contributed by atoms with Gasteiger partial charge in [-0.3, -0.25) is 0 Å². The second-order valence-electron chi connectivity index (χ2n) is 4.12. The molecule has 0 bridgehead atoms. The third-order valence-electron chi connectivity index (χ3n) is 2.89. The summed E-state index contributed by atoms with van der Waals surface area (Å²) in [5.74, 6) is 1.12. The molecule has 0 aliphatic rings. The summed E-state index contributed by atoms with van der Waals surface area (Å²) < 4.78 is 5.22. The van der Waals surface area contributed by atoms with Gasteiger partial charge in [-0.2, -0.15) is 0 Å². The number of rotatable bonds is 5. The molecule has 2 nitrogen and oxygen atoms in total. The number of aliphatic hydroxyl groups is 1. The van der Waals surface area contributed by atoms with Gasteiger partial charge in [0.15, 0.2) is 0 Å². The van der Waals surface area contributed by atoms with Gasteiger partial charge in [-0.25, -0.2) is 0 Å². The van der Waals surface area contributed by atoms with E-state index in [2.05, 4.69) is 13.8 Å². The Morgan fingerprint density at radius 2 is 2.12 bits per heavy atom. The summed E-state index contributed by atoms with van der Waals surface area (Å²) in [5.41, 5.74) is 0.701. The summed E-state index contributed by atoms with van der Waals surface area (Å²) in [5, 5.41) is 10.7. The minimum atomic E-state index is -0.557. The topological polar surface area (TPSA) is 29.5 Å². The summed E-state index contributed by atoms with van der Waals surface area (Å²) in [6.07, 6.45) is 1.19. The molecule has 1 N–H and O–H groups in total. The highest BCUT2D eigenvalue weighted by molar-refractivity contribution is 6.31. The van der Waals surface area contributed by atoms with E-state index in [1.54, 1.807) is 13.2 Å². The van der Waals surface area contributed by atoms with E-state index >= 15 is 0 Å². The molecular weight excluding hydrogens is 224 g/mol. The average Bonchev–Trinajstić information content (AvgIpc) is 2.28. The predicted molar refractivity (Wildman–Crippen MR) is 67.0 cm³/mol. The molecule has 90 valence electrons. The molecule has 0 aliphatic carbocycles. The van der Waals surface area contributed by atoms with Crippen LogP contribution in [-0.4, -0.2) is 12.2 Å². The van der Waals surface area contributed by atoms with Gasteiger partial charge >= 0.3 is 0 Å². The number of methoxy groups -OCH3 is 1. The molecule has 0 aromatic heterocycles. The van der Waals surface area contributed by atoms with E-state index in [1.165, 1.54) is 0 Å². The quantitative estimate of drug-likeness (QED) is 0.851. The van der Waals surface area contributed by atoms with Crippen LogP contribution in [0.1, 0.15) is 38.4 Å². The first-order valence-electron chi connectivity index (χ1n) is 5.60. The van der Waals surface area contributed by atoms with Crippen LogP contribution in [-0.2, 0) is 0 Å². The lowest BCUT2D eigenvalue weighted by molar-refractivity contribution is 0.143. The molecule has 0 saturated heterocycles. The molecule has 1 rings (SSSR count). The van der Waals surface area contributed by atoms with Crippen LogP contribution in [0.25, 0.3) is 0 Å². The zero-order valence-electron chi connectivity index (χ0n) is 10.0. The number of hydrogen-bond donors (Lipinski definition) is 1. The van der Waals surface area contributed by atoms with Crippen molar-refractivity contribution in [2.45, 2.75) is 32.8 Å². The zero-order valence-corrected chi connectivity index (χ0v) is 10.8. The van der Waals surface area contributed by atoms with Crippen LogP contribution < -0.4 is 4.74 Å². The van der Waals surface area contributed by atoms with Crippen molar-refractivity contribution in [2.75, 3.05) is 7.11 Å². The lowest BCUT2D eigenvalue weighted by atomic mass is 9.96. The number of halogens is 1. The zero-order chi connectivity index (χ0) is 12.1. The summed E-state index contributed by atoms with van der Waals surface area (Å²) >= 11 is 6.09. The highest BCUT2D eigenvalue weighted by atomic mass is 35.5. The van der Waals surface area contributed by atoms with E-state index in [4.69, 9.17) is 16.3 Å². The SMILES string of the molecule is CCC(C)CC(O)c1c(Cl)cccc1OC. The van der Waals surface area contributed by atoms with E-state index < -0.39 is 6.10 Å². The van der Waals surface area contributed by atoms with E-state index in [9.17, 15) is 5.11 Å². The highest BCUT2D eigenvalue weighted by Crippen LogP contribution is 2.35. The van der Waals surface area contributed by atoms with Gasteiger partial charge in [0, 0.05) is 5.56 Å². The highest BCUT2D eigenvalue weighted by Gasteiger charge is 2.18. The summed E-state index contributed by atoms with van der Waals surface area (Å²) in [7, 11) is 1.59. The van der Waals surface area contributed by atoms with Crippen molar-refractivity contribution >= 4 is 11.6 Å². The first-order valence-corrected chi connectivity index (χ1v) is 5.98. The van der Waals surface area contributed by atoms with Gasteiger partial charge in [0.05, 0.1) is 18.2 Å². The van der Waals surface area contributed by atoms with E-state index in [1.807, 2.05) is 12.1 Å². The smallest absolute Gasteiger partial charge is 0.126 e. The molecular formula is C13H19ClO2. The molecule has 0 saturated carbocycles. The third kappa shape index (κ3) is 3.13. The monoisotopic (exact) mass is 242 g/mol. The van der Waals surface area contributed by atoms with Crippen molar-refractivity contribution in [3.8, 4) is 5.75 Å². The van der Waals surface area contributed by atoms with Crippen molar-refractivity contribution < 1.29 is 9.84 Å². The van der Waals surface area contributed by atoms with Gasteiger partial charge in [-0.15, -0.1) is 0 Å². The van der Waals surface area contributed by atoms with Crippen molar-refractivity contribution in [3.05, 3.63) is 28.8 Å². The molecule has 0 heterocycles. The summed E-state index contributed by atoms with van der Waals surface area (Å²) in [6, 6.07) is 5.42. The van der Waals surface area contributed by atoms with Gasteiger partial charge < -0.3 is 9.84 Å². The van der Waals surface area contributed by atoms with Crippen molar-refractivity contribution in [1.82, 2.24) is 0 Å². The molecule has 0 fully saturated rings. The normalized spacial score (nSPS) is 14.6. The van der Waals surface area contributed by atoms with Crippen LogP contribution in [0.2, 0.25) is 5.02 Å². The van der Waals surface area contributed by atoms with Crippen molar-refractivity contribution in [3.63, 3.8) is 0 Å². The molecule has 0 amide bonds. The van der Waals surface area contributed by atoms with Crippen LogP contribution in [0, 0.1) is 5.92 Å². The van der Waals surface area contributed by atoms with Crippen molar-refractivity contribution in [1.29, 1.82) is 0 Å². The molecule has 3 heteroatoms. The van der Waals surface area contributed by atoms with E-state index in [0.29, 0.717) is 28.7 Å². The molecule has 0 spiro atoms. The number of benzene rings is 1. The number of hydrogen-bond acceptors (Lipinski definition) is 2. The van der Waals surface area contributed by atoms with Crippen LogP contribution in [0.5, 0.6) is 5.75 Å². The average molecular weight is 243 g/mol. The van der Waals surface area contributed by atoms with Crippen LogP contribution in [0.15, 0.2) is 18.2 Å². The molecule has 1 aromatic carbocycles. The first kappa shape index (κ1) is 13.3. The van der Waals surface area contributed by atoms with Crippen LogP contribution in [0.3, 0.4) is 0 Å². The molecule has 0 radical (unpaired) electrons. The second kappa shape index (κ2) is 6.12. The Morgan fingerprint density at radius 1 is 1.44 bits per heavy atom. The molecule has 2 unspecified atom stereocenters. The Labute approximate surface area is 102 Å². The molecule has 1 aromatic rings. The van der Waals surface area contributed by atoms with Gasteiger partial charge in [-0.05, 0) is 24.5 Å². The molecule has 0 aliphatic heterocycles. The van der Waals surface area contributed by atoms with Gasteiger partial charge in [-0.1, -0.05) is 37.9 Å². The minimum absolute atomic E-state index is 0.468. The first-order chi connectivity index (χ1) is 7.60. The van der Waals surface area contributed by atoms with Gasteiger partial charge in [0.2, 0.25) is 0 Å². The third-order valence-corrected chi connectivity index (χ3v) is 3.22. The van der Waals surface area contributed by atoms with E-state index in [0.717, 1.165) is 6.42 Å². The fourth-order valence-electron chi connectivity index (χ4n) is 1.68.